The largest absolute Gasteiger partial charge is 0.461 e. The average molecular weight is 402 g/mol. The van der Waals surface area contributed by atoms with Crippen LogP contribution in [0, 0.1) is 17.8 Å². The first kappa shape index (κ1) is 22.8. The number of hydrogen-bond acceptors (Lipinski definition) is 6. The normalized spacial score (nSPS) is 29.6. The van der Waals surface area contributed by atoms with E-state index in [0.717, 1.165) is 11.9 Å². The molecule has 1 unspecified atom stereocenters. The van der Waals surface area contributed by atoms with Gasteiger partial charge in [-0.15, -0.1) is 0 Å². The molecule has 0 spiro atoms. The van der Waals surface area contributed by atoms with E-state index in [1.165, 1.54) is 6.92 Å². The molecule has 2 aliphatic carbocycles. The van der Waals surface area contributed by atoms with Crippen molar-refractivity contribution in [2.24, 2.45) is 17.8 Å². The Bertz CT molecular complexity index is 744. The zero-order valence-electron chi connectivity index (χ0n) is 17.4. The number of carbonyl (C=O) groups is 4. The van der Waals surface area contributed by atoms with Gasteiger partial charge in [0.2, 0.25) is 0 Å². The van der Waals surface area contributed by atoms with Gasteiger partial charge in [-0.05, 0) is 41.9 Å². The number of rotatable bonds is 6. The molecule has 1 saturated carbocycles. The molecular weight excluding hydrogens is 372 g/mol. The molecule has 0 saturated heterocycles. The topological polar surface area (TPSA) is 86.7 Å². The SMILES string of the molecule is C=C1C(=O)C[C@@H]2/C=C(/COC(C)=O)CC/C=C(/C=O)C[C@@H](OC(=O)C(C)CC)[C@@H]12. The van der Waals surface area contributed by atoms with Crippen molar-refractivity contribution in [3.05, 3.63) is 35.5 Å². The average Bonchev–Trinajstić information content (AvgIpc) is 2.96. The Balaban J connectivity index is 2.41. The molecule has 0 heterocycles. The van der Waals surface area contributed by atoms with Crippen molar-refractivity contribution in [1.29, 1.82) is 0 Å². The Hall–Kier alpha value is -2.50. The predicted molar refractivity (Wildman–Crippen MR) is 108 cm³/mol. The minimum Gasteiger partial charge on any atom is -0.461 e. The highest BCUT2D eigenvalue weighted by Crippen LogP contribution is 2.41. The minimum absolute atomic E-state index is 0.0662. The van der Waals surface area contributed by atoms with Crippen molar-refractivity contribution < 1.29 is 28.7 Å². The predicted octanol–water partition coefficient (Wildman–Crippen LogP) is 3.50. The highest BCUT2D eigenvalue weighted by atomic mass is 16.5. The van der Waals surface area contributed by atoms with Crippen LogP contribution in [-0.2, 0) is 28.7 Å². The second-order valence-corrected chi connectivity index (χ2v) is 7.87. The van der Waals surface area contributed by atoms with Gasteiger partial charge in [0.05, 0.1) is 5.92 Å². The van der Waals surface area contributed by atoms with Crippen molar-refractivity contribution in [3.8, 4) is 0 Å². The molecule has 6 nitrogen and oxygen atoms in total. The molecule has 2 aliphatic rings. The van der Waals surface area contributed by atoms with Gasteiger partial charge in [-0.3, -0.25) is 19.2 Å². The van der Waals surface area contributed by atoms with Crippen molar-refractivity contribution in [1.82, 2.24) is 0 Å². The van der Waals surface area contributed by atoms with E-state index >= 15 is 0 Å². The van der Waals surface area contributed by atoms with Crippen LogP contribution in [0.5, 0.6) is 0 Å². The van der Waals surface area contributed by atoms with E-state index in [1.807, 2.05) is 19.1 Å². The number of hydrogen-bond donors (Lipinski definition) is 0. The smallest absolute Gasteiger partial charge is 0.308 e. The zero-order chi connectivity index (χ0) is 21.6. The van der Waals surface area contributed by atoms with E-state index in [2.05, 4.69) is 6.58 Å². The molecule has 0 aromatic heterocycles. The van der Waals surface area contributed by atoms with Crippen LogP contribution in [0.4, 0.5) is 0 Å². The lowest BCUT2D eigenvalue weighted by atomic mass is 9.83. The summed E-state index contributed by atoms with van der Waals surface area (Å²) in [5, 5.41) is 0. The van der Waals surface area contributed by atoms with Crippen LogP contribution in [0.3, 0.4) is 0 Å². The van der Waals surface area contributed by atoms with Gasteiger partial charge in [-0.2, -0.15) is 0 Å². The number of esters is 2. The Kier molecular flexibility index (Phi) is 8.11. The molecule has 1 fully saturated rings. The van der Waals surface area contributed by atoms with Gasteiger partial charge in [0.25, 0.3) is 0 Å². The number of fused-ring (bicyclic) bond motifs is 1. The van der Waals surface area contributed by atoms with Gasteiger partial charge >= 0.3 is 11.9 Å². The van der Waals surface area contributed by atoms with E-state index < -0.39 is 12.0 Å². The molecular formula is C23H30O6. The highest BCUT2D eigenvalue weighted by Gasteiger charge is 2.43. The Morgan fingerprint density at radius 3 is 2.69 bits per heavy atom. The molecule has 0 N–H and O–H groups in total. The fourth-order valence-electron chi connectivity index (χ4n) is 3.81. The molecule has 29 heavy (non-hydrogen) atoms. The molecule has 6 heteroatoms. The number of ketones is 1. The number of Topliss-reactive ketones (excluding diaryl/α,β-unsaturated/α-hetero) is 1. The first-order chi connectivity index (χ1) is 13.8. The number of ether oxygens (including phenoxy) is 2. The fraction of sp³-hybridized carbons (Fsp3) is 0.565. The summed E-state index contributed by atoms with van der Waals surface area (Å²) in [6, 6.07) is 0. The van der Waals surface area contributed by atoms with E-state index in [0.29, 0.717) is 30.4 Å². The maximum absolute atomic E-state index is 12.5. The quantitative estimate of drug-likeness (QED) is 0.292. The third-order valence-corrected chi connectivity index (χ3v) is 5.70. The van der Waals surface area contributed by atoms with Gasteiger partial charge in [-0.1, -0.05) is 32.6 Å². The van der Waals surface area contributed by atoms with E-state index in [4.69, 9.17) is 9.47 Å². The summed E-state index contributed by atoms with van der Waals surface area (Å²) >= 11 is 0. The van der Waals surface area contributed by atoms with Gasteiger partial charge in [0.15, 0.2) is 5.78 Å². The van der Waals surface area contributed by atoms with Crippen LogP contribution >= 0.6 is 0 Å². The number of allylic oxidation sites excluding steroid dienone is 2. The first-order valence-electron chi connectivity index (χ1n) is 10.2. The summed E-state index contributed by atoms with van der Waals surface area (Å²) in [5.74, 6) is -1.66. The second-order valence-electron chi connectivity index (χ2n) is 7.87. The van der Waals surface area contributed by atoms with Crippen LogP contribution in [0.1, 0.15) is 52.9 Å². The Morgan fingerprint density at radius 1 is 1.34 bits per heavy atom. The van der Waals surface area contributed by atoms with E-state index in [-0.39, 0.29) is 49.0 Å². The summed E-state index contributed by atoms with van der Waals surface area (Å²) in [6.07, 6.45) is 6.30. The van der Waals surface area contributed by atoms with Gasteiger partial charge in [-0.25, -0.2) is 0 Å². The summed E-state index contributed by atoms with van der Waals surface area (Å²) in [5.41, 5.74) is 1.84. The zero-order valence-corrected chi connectivity index (χ0v) is 17.4. The Labute approximate surface area is 172 Å². The summed E-state index contributed by atoms with van der Waals surface area (Å²) in [7, 11) is 0. The lowest BCUT2D eigenvalue weighted by molar-refractivity contribution is -0.156. The van der Waals surface area contributed by atoms with Gasteiger partial charge < -0.3 is 9.47 Å². The number of aldehydes is 1. The Morgan fingerprint density at radius 2 is 2.07 bits per heavy atom. The summed E-state index contributed by atoms with van der Waals surface area (Å²) < 4.78 is 11.0. The van der Waals surface area contributed by atoms with Crippen molar-refractivity contribution in [3.63, 3.8) is 0 Å². The fourth-order valence-corrected chi connectivity index (χ4v) is 3.81. The minimum atomic E-state index is -0.638. The van der Waals surface area contributed by atoms with Crippen molar-refractivity contribution in [2.45, 2.75) is 59.0 Å². The van der Waals surface area contributed by atoms with E-state index in [1.54, 1.807) is 6.92 Å². The number of carbonyl (C=O) groups excluding carboxylic acids is 4. The van der Waals surface area contributed by atoms with Crippen molar-refractivity contribution >= 4 is 24.0 Å². The first-order valence-corrected chi connectivity index (χ1v) is 10.2. The maximum atomic E-state index is 12.5. The van der Waals surface area contributed by atoms with Gasteiger partial charge in [0.1, 0.15) is 19.0 Å². The molecule has 0 amide bonds. The molecule has 0 aromatic rings. The van der Waals surface area contributed by atoms with Crippen LogP contribution in [0.25, 0.3) is 0 Å². The van der Waals surface area contributed by atoms with Crippen molar-refractivity contribution in [2.75, 3.05) is 6.61 Å². The summed E-state index contributed by atoms with van der Waals surface area (Å²) in [4.78, 5) is 47.8. The van der Waals surface area contributed by atoms with E-state index in [9.17, 15) is 19.2 Å². The summed E-state index contributed by atoms with van der Waals surface area (Å²) in [6.45, 7) is 9.14. The molecule has 4 atom stereocenters. The standard InChI is InChI=1S/C23H30O6/c1-5-14(2)23(27)29-21-10-17(12-24)7-6-8-18(13-28-16(4)25)9-19-11-20(26)15(3)22(19)21/h7,9,12,14,19,21-22H,3,5-6,8,10-11,13H2,1-2,4H3/b17-7+,18-9+/t14?,19-,21+,22-/m0/s1. The third kappa shape index (κ3) is 5.99. The lowest BCUT2D eigenvalue weighted by Gasteiger charge is -2.29. The molecule has 2 rings (SSSR count). The molecule has 0 bridgehead atoms. The molecule has 0 aromatic carbocycles. The second kappa shape index (κ2) is 10.3. The van der Waals surface area contributed by atoms with Crippen LogP contribution in [0.15, 0.2) is 35.5 Å². The molecule has 0 aliphatic heterocycles. The van der Waals surface area contributed by atoms with Crippen LogP contribution < -0.4 is 0 Å². The van der Waals surface area contributed by atoms with Crippen LogP contribution in [-0.4, -0.2) is 36.7 Å². The van der Waals surface area contributed by atoms with Gasteiger partial charge in [0, 0.05) is 25.7 Å². The maximum Gasteiger partial charge on any atom is 0.308 e. The third-order valence-electron chi connectivity index (χ3n) is 5.70. The monoisotopic (exact) mass is 402 g/mol. The lowest BCUT2D eigenvalue weighted by Crippen LogP contribution is -2.33. The highest BCUT2D eigenvalue weighted by molar-refractivity contribution is 5.98. The molecule has 158 valence electrons. The van der Waals surface area contributed by atoms with Crippen LogP contribution in [0.2, 0.25) is 0 Å². The molecule has 0 radical (unpaired) electrons.